The zero-order valence-corrected chi connectivity index (χ0v) is 23.4. The number of hydrogen-bond donors (Lipinski definition) is 2. The van der Waals surface area contributed by atoms with Crippen molar-refractivity contribution >= 4 is 53.2 Å². The monoisotopic (exact) mass is 613 g/mol. The van der Waals surface area contributed by atoms with Crippen LogP contribution in [0, 0.1) is 0 Å². The van der Waals surface area contributed by atoms with Crippen molar-refractivity contribution in [3.05, 3.63) is 75.3 Å². The van der Waals surface area contributed by atoms with E-state index in [9.17, 15) is 9.90 Å². The average Bonchev–Trinajstić information content (AvgIpc) is 3.23. The molecule has 0 bridgehead atoms. The molecule has 36 heavy (non-hydrogen) atoms. The van der Waals surface area contributed by atoms with E-state index in [0.717, 1.165) is 30.9 Å². The zero-order valence-electron chi connectivity index (χ0n) is 20.2. The van der Waals surface area contributed by atoms with Crippen molar-refractivity contribution in [2.45, 2.75) is 50.0 Å². The van der Waals surface area contributed by atoms with Crippen molar-refractivity contribution < 1.29 is 24.1 Å². The Morgan fingerprint density at radius 2 is 1.89 bits per heavy atom. The SMILES string of the molecule is COc1cccc2ccc3c(c12)OC1[C@]3(O)c2ccc(Br)c3c2[C@]1(NC(=O)OC(C)(C)C)CC=C3Br. The number of rotatable bonds is 2. The van der Waals surface area contributed by atoms with E-state index in [1.807, 2.05) is 69.3 Å². The second-order valence-electron chi connectivity index (χ2n) is 10.5. The predicted octanol–water partition coefficient (Wildman–Crippen LogP) is 6.48. The zero-order chi connectivity index (χ0) is 25.6. The number of ether oxygens (including phenoxy) is 3. The van der Waals surface area contributed by atoms with E-state index in [0.29, 0.717) is 29.0 Å². The van der Waals surface area contributed by atoms with E-state index in [1.165, 1.54) is 0 Å². The summed E-state index contributed by atoms with van der Waals surface area (Å²) in [5.41, 5.74) is -0.236. The number of alkyl carbamates (subject to hydrolysis) is 1. The molecule has 0 saturated heterocycles. The number of fused-ring (bicyclic) bond motifs is 7. The molecule has 2 N–H and O–H groups in total. The van der Waals surface area contributed by atoms with Gasteiger partial charge in [-0.05, 0) is 55.8 Å². The molecular formula is C28H25Br2NO5. The van der Waals surface area contributed by atoms with Crippen molar-refractivity contribution in [2.75, 3.05) is 7.11 Å². The molecule has 186 valence electrons. The molecule has 0 spiro atoms. The van der Waals surface area contributed by atoms with Crippen LogP contribution in [-0.4, -0.2) is 30.0 Å². The largest absolute Gasteiger partial charge is 0.496 e. The Morgan fingerprint density at radius 3 is 2.61 bits per heavy atom. The smallest absolute Gasteiger partial charge is 0.408 e. The first-order valence-electron chi connectivity index (χ1n) is 11.7. The van der Waals surface area contributed by atoms with Gasteiger partial charge in [-0.1, -0.05) is 68.3 Å². The Morgan fingerprint density at radius 1 is 1.14 bits per heavy atom. The van der Waals surface area contributed by atoms with E-state index in [2.05, 4.69) is 37.2 Å². The third-order valence-corrected chi connectivity index (χ3v) is 8.61. The Labute approximate surface area is 225 Å². The fourth-order valence-corrected chi connectivity index (χ4v) is 7.33. The predicted molar refractivity (Wildman–Crippen MR) is 145 cm³/mol. The minimum Gasteiger partial charge on any atom is -0.496 e. The van der Waals surface area contributed by atoms with Crippen LogP contribution >= 0.6 is 31.9 Å². The minimum atomic E-state index is -1.50. The molecule has 1 heterocycles. The van der Waals surface area contributed by atoms with Gasteiger partial charge in [0.2, 0.25) is 0 Å². The fourth-order valence-electron chi connectivity index (χ4n) is 5.94. The van der Waals surface area contributed by atoms with Crippen LogP contribution in [0.1, 0.15) is 49.4 Å². The Kier molecular flexibility index (Phi) is 5.11. The van der Waals surface area contributed by atoms with E-state index in [1.54, 1.807) is 7.11 Å². The van der Waals surface area contributed by atoms with Crippen molar-refractivity contribution in [1.82, 2.24) is 5.32 Å². The molecule has 6 rings (SSSR count). The normalized spacial score (nSPS) is 25.4. The minimum absolute atomic E-state index is 0.402. The van der Waals surface area contributed by atoms with Crippen molar-refractivity contribution in [2.24, 2.45) is 0 Å². The van der Waals surface area contributed by atoms with Gasteiger partial charge in [0.05, 0.1) is 12.5 Å². The summed E-state index contributed by atoms with van der Waals surface area (Å²) < 4.78 is 19.8. The number of nitrogens with one attached hydrogen (secondary N) is 1. The quantitative estimate of drug-likeness (QED) is 0.345. The first-order chi connectivity index (χ1) is 17.0. The molecule has 0 saturated carbocycles. The number of amides is 1. The first kappa shape index (κ1) is 23.8. The highest BCUT2D eigenvalue weighted by Crippen LogP contribution is 2.64. The first-order valence-corrected chi connectivity index (χ1v) is 13.3. The number of carbonyl (C=O) groups is 1. The summed E-state index contributed by atoms with van der Waals surface area (Å²) in [5.74, 6) is 1.22. The maximum absolute atomic E-state index is 13.2. The number of carbonyl (C=O) groups excluding carboxylic acids is 1. The van der Waals surface area contributed by atoms with Crippen LogP contribution in [0.5, 0.6) is 11.5 Å². The molecule has 0 fully saturated rings. The molecule has 0 radical (unpaired) electrons. The Bertz CT molecular complexity index is 1490. The topological polar surface area (TPSA) is 77.0 Å². The molecule has 3 aromatic carbocycles. The summed E-state index contributed by atoms with van der Waals surface area (Å²) in [5, 5.41) is 17.5. The third-order valence-electron chi connectivity index (χ3n) is 7.23. The number of methoxy groups -OCH3 is 1. The van der Waals surface area contributed by atoms with Crippen LogP contribution in [-0.2, 0) is 15.9 Å². The van der Waals surface area contributed by atoms with Gasteiger partial charge in [-0.25, -0.2) is 4.79 Å². The van der Waals surface area contributed by atoms with Crippen molar-refractivity contribution in [3.63, 3.8) is 0 Å². The van der Waals surface area contributed by atoms with Crippen LogP contribution in [0.25, 0.3) is 15.3 Å². The van der Waals surface area contributed by atoms with Crippen molar-refractivity contribution in [3.8, 4) is 11.5 Å². The van der Waals surface area contributed by atoms with Gasteiger partial charge >= 0.3 is 6.09 Å². The molecule has 6 nitrogen and oxygen atoms in total. The van der Waals surface area contributed by atoms with Crippen LogP contribution in [0.15, 0.2) is 53.0 Å². The van der Waals surface area contributed by atoms with Crippen LogP contribution in [0.3, 0.4) is 0 Å². The summed E-state index contributed by atoms with van der Waals surface area (Å²) in [7, 11) is 1.62. The summed E-state index contributed by atoms with van der Waals surface area (Å²) in [6, 6.07) is 13.5. The summed E-state index contributed by atoms with van der Waals surface area (Å²) in [6.45, 7) is 5.47. The van der Waals surface area contributed by atoms with Gasteiger partial charge in [0.25, 0.3) is 0 Å². The van der Waals surface area contributed by atoms with Crippen LogP contribution in [0.4, 0.5) is 4.79 Å². The lowest BCUT2D eigenvalue weighted by Gasteiger charge is -2.40. The van der Waals surface area contributed by atoms with E-state index in [-0.39, 0.29) is 0 Å². The van der Waals surface area contributed by atoms with Crippen LogP contribution < -0.4 is 14.8 Å². The second kappa shape index (κ2) is 7.73. The average molecular weight is 615 g/mol. The molecule has 0 aromatic heterocycles. The molecule has 1 aliphatic heterocycles. The van der Waals surface area contributed by atoms with E-state index >= 15 is 0 Å². The summed E-state index contributed by atoms with van der Waals surface area (Å²) in [6.07, 6.45) is 1.00. The fraction of sp³-hybridized carbons (Fsp3) is 0.321. The molecule has 8 heteroatoms. The number of benzene rings is 3. The maximum Gasteiger partial charge on any atom is 0.408 e. The number of aliphatic hydroxyl groups is 1. The van der Waals surface area contributed by atoms with Gasteiger partial charge in [0.15, 0.2) is 11.7 Å². The molecule has 2 aliphatic carbocycles. The van der Waals surface area contributed by atoms with Crippen LogP contribution in [0.2, 0.25) is 0 Å². The highest BCUT2D eigenvalue weighted by Gasteiger charge is 2.68. The molecule has 1 unspecified atom stereocenters. The maximum atomic E-state index is 13.2. The number of halogens is 2. The van der Waals surface area contributed by atoms with Gasteiger partial charge in [0, 0.05) is 20.1 Å². The van der Waals surface area contributed by atoms with Gasteiger partial charge in [-0.15, -0.1) is 0 Å². The molecule has 1 amide bonds. The lowest BCUT2D eigenvalue weighted by Crippen LogP contribution is -2.58. The second-order valence-corrected chi connectivity index (χ2v) is 12.2. The summed E-state index contributed by atoms with van der Waals surface area (Å²) in [4.78, 5) is 13.2. The van der Waals surface area contributed by atoms with E-state index < -0.39 is 28.9 Å². The Balaban J connectivity index is 1.63. The number of hydrogen-bond acceptors (Lipinski definition) is 5. The van der Waals surface area contributed by atoms with Crippen molar-refractivity contribution in [1.29, 1.82) is 0 Å². The lowest BCUT2D eigenvalue weighted by atomic mass is 9.79. The Hall–Kier alpha value is -2.55. The highest BCUT2D eigenvalue weighted by molar-refractivity contribution is 9.15. The van der Waals surface area contributed by atoms with Gasteiger partial charge in [-0.3, -0.25) is 0 Å². The summed E-state index contributed by atoms with van der Waals surface area (Å²) >= 11 is 7.37. The van der Waals surface area contributed by atoms with E-state index in [4.69, 9.17) is 14.2 Å². The molecule has 3 atom stereocenters. The molecule has 3 aliphatic rings. The highest BCUT2D eigenvalue weighted by atomic mass is 79.9. The molecule has 3 aromatic rings. The third kappa shape index (κ3) is 3.07. The van der Waals surface area contributed by atoms with Gasteiger partial charge in [-0.2, -0.15) is 0 Å². The standard InChI is InChI=1S/C28H25Br2NO5/c1-26(2,3)36-25(32)31-27-13-12-18(30)21-17(29)11-10-15(22(21)27)28(33)16-9-8-14-6-5-7-19(34-4)20(14)23(16)35-24(27)28/h5-12,24,33H,13H2,1-4H3,(H,31,32)/t24?,27-,28+/m1/s1. The van der Waals surface area contributed by atoms with Gasteiger partial charge < -0.3 is 24.6 Å². The lowest BCUT2D eigenvalue weighted by molar-refractivity contribution is -0.0401. The molecular weight excluding hydrogens is 590 g/mol. The van der Waals surface area contributed by atoms with Gasteiger partial charge in [0.1, 0.15) is 22.6 Å².